The van der Waals surface area contributed by atoms with Gasteiger partial charge in [-0.25, -0.2) is 23.4 Å². The van der Waals surface area contributed by atoms with E-state index in [0.29, 0.717) is 43.0 Å². The molecule has 5 aromatic rings. The van der Waals surface area contributed by atoms with Crippen LogP contribution in [0.15, 0.2) is 78.2 Å². The number of para-hydroxylation sites is 1. The van der Waals surface area contributed by atoms with Gasteiger partial charge in [-0.2, -0.15) is 4.31 Å². The molecule has 0 saturated carbocycles. The van der Waals surface area contributed by atoms with Crippen molar-refractivity contribution in [3.8, 4) is 11.4 Å². The van der Waals surface area contributed by atoms with Gasteiger partial charge < -0.3 is 9.88 Å². The van der Waals surface area contributed by atoms with E-state index in [9.17, 15) is 8.42 Å². The second-order valence-electron chi connectivity index (χ2n) is 8.07. The normalized spacial score (nSPS) is 15.2. The first kappa shape index (κ1) is 20.7. The van der Waals surface area contributed by atoms with Gasteiger partial charge in [-0.1, -0.05) is 12.1 Å². The molecule has 5 heterocycles. The Morgan fingerprint density at radius 1 is 0.853 bits per heavy atom. The maximum Gasteiger partial charge on any atom is 0.245 e. The van der Waals surface area contributed by atoms with Crippen molar-refractivity contribution in [3.05, 3.63) is 73.3 Å². The van der Waals surface area contributed by atoms with Crippen molar-refractivity contribution in [2.75, 3.05) is 31.1 Å². The van der Waals surface area contributed by atoms with Crippen LogP contribution in [-0.4, -0.2) is 63.8 Å². The van der Waals surface area contributed by atoms with Crippen molar-refractivity contribution in [1.29, 1.82) is 0 Å². The number of piperazine rings is 1. The predicted octanol–water partition coefficient (Wildman–Crippen LogP) is 3.08. The fourth-order valence-electron chi connectivity index (χ4n) is 4.35. The Hall–Kier alpha value is -3.89. The van der Waals surface area contributed by atoms with Gasteiger partial charge in [0.2, 0.25) is 10.0 Å². The van der Waals surface area contributed by atoms with Crippen LogP contribution >= 0.6 is 0 Å². The van der Waals surface area contributed by atoms with Gasteiger partial charge in [0, 0.05) is 67.3 Å². The largest absolute Gasteiger partial charge is 0.353 e. The summed E-state index contributed by atoms with van der Waals surface area (Å²) >= 11 is 0. The summed E-state index contributed by atoms with van der Waals surface area (Å²) in [5, 5.41) is 1.54. The molecular weight excluding hydrogens is 450 g/mol. The lowest BCUT2D eigenvalue weighted by Crippen LogP contribution is -2.49. The van der Waals surface area contributed by atoms with E-state index in [1.54, 1.807) is 30.7 Å². The minimum Gasteiger partial charge on any atom is -0.353 e. The Bertz CT molecular complexity index is 1590. The molecule has 0 aliphatic carbocycles. The van der Waals surface area contributed by atoms with E-state index >= 15 is 0 Å². The van der Waals surface area contributed by atoms with Gasteiger partial charge in [0.15, 0.2) is 5.82 Å². The first-order valence-electron chi connectivity index (χ1n) is 11.0. The molecular formula is C24H21N7O2S. The zero-order chi connectivity index (χ0) is 23.1. The van der Waals surface area contributed by atoms with Gasteiger partial charge >= 0.3 is 0 Å². The van der Waals surface area contributed by atoms with Crippen LogP contribution in [0.3, 0.4) is 0 Å². The summed E-state index contributed by atoms with van der Waals surface area (Å²) in [4.78, 5) is 23.3. The summed E-state index contributed by atoms with van der Waals surface area (Å²) in [6.07, 6.45) is 6.63. The first-order chi connectivity index (χ1) is 16.6. The number of benzene rings is 1. The van der Waals surface area contributed by atoms with Crippen LogP contribution < -0.4 is 4.90 Å². The second kappa shape index (κ2) is 8.15. The standard InChI is InChI=1S/C24H21N7O2S/c32-34(33,21-16-27-23-19(21)7-4-10-26-23)31-13-11-30(12-14-31)24-18-6-1-2-8-20(18)28-22(29-24)17-5-3-9-25-15-17/h1-10,15-16H,11-14H2,(H,26,27). The quantitative estimate of drug-likeness (QED) is 0.429. The molecule has 1 N–H and O–H groups in total. The Labute approximate surface area is 196 Å². The maximum atomic E-state index is 13.4. The number of rotatable bonds is 4. The molecule has 0 bridgehead atoms. The Morgan fingerprint density at radius 2 is 1.65 bits per heavy atom. The molecule has 0 spiro atoms. The van der Waals surface area contributed by atoms with Crippen LogP contribution in [0, 0.1) is 0 Å². The van der Waals surface area contributed by atoms with E-state index < -0.39 is 10.0 Å². The molecule has 1 aliphatic rings. The summed E-state index contributed by atoms with van der Waals surface area (Å²) in [5.41, 5.74) is 2.24. The molecule has 0 atom stereocenters. The van der Waals surface area contributed by atoms with E-state index in [1.807, 2.05) is 36.4 Å². The van der Waals surface area contributed by atoms with E-state index in [-0.39, 0.29) is 4.90 Å². The van der Waals surface area contributed by atoms with E-state index in [4.69, 9.17) is 9.97 Å². The Kier molecular flexibility index (Phi) is 4.96. The zero-order valence-electron chi connectivity index (χ0n) is 18.2. The first-order valence-corrected chi connectivity index (χ1v) is 12.4. The highest BCUT2D eigenvalue weighted by Crippen LogP contribution is 2.30. The minimum absolute atomic E-state index is 0.260. The number of sulfonamides is 1. The van der Waals surface area contributed by atoms with Gasteiger partial charge in [-0.15, -0.1) is 0 Å². The van der Waals surface area contributed by atoms with Gasteiger partial charge in [-0.3, -0.25) is 4.98 Å². The number of nitrogens with one attached hydrogen (secondary N) is 1. The minimum atomic E-state index is -3.65. The summed E-state index contributed by atoms with van der Waals surface area (Å²) in [6, 6.07) is 15.2. The summed E-state index contributed by atoms with van der Waals surface area (Å²) in [6.45, 7) is 1.76. The van der Waals surface area contributed by atoms with Crippen molar-refractivity contribution in [1.82, 2.24) is 29.2 Å². The van der Waals surface area contributed by atoms with Crippen molar-refractivity contribution >= 4 is 37.8 Å². The number of aromatic nitrogens is 5. The summed E-state index contributed by atoms with van der Waals surface area (Å²) < 4.78 is 28.3. The molecule has 34 heavy (non-hydrogen) atoms. The molecule has 0 amide bonds. The molecule has 0 radical (unpaired) electrons. The average molecular weight is 472 g/mol. The van der Waals surface area contributed by atoms with Crippen molar-refractivity contribution in [2.45, 2.75) is 4.90 Å². The topological polar surface area (TPSA) is 108 Å². The van der Waals surface area contributed by atoms with Gasteiger partial charge in [0.05, 0.1) is 5.52 Å². The SMILES string of the molecule is O=S(=O)(c1c[nH]c2ncccc12)N1CCN(c2nc(-c3cccnc3)nc3ccccc23)CC1. The molecule has 0 unspecified atom stereocenters. The van der Waals surface area contributed by atoms with Crippen LogP contribution in [-0.2, 0) is 10.0 Å². The van der Waals surface area contributed by atoms with Gasteiger partial charge in [0.25, 0.3) is 0 Å². The highest BCUT2D eigenvalue weighted by Gasteiger charge is 2.31. The van der Waals surface area contributed by atoms with Gasteiger partial charge in [0.1, 0.15) is 16.4 Å². The van der Waals surface area contributed by atoms with Crippen LogP contribution in [0.5, 0.6) is 0 Å². The highest BCUT2D eigenvalue weighted by molar-refractivity contribution is 7.89. The number of hydrogen-bond donors (Lipinski definition) is 1. The van der Waals surface area contributed by atoms with E-state index in [0.717, 1.165) is 22.3 Å². The summed E-state index contributed by atoms with van der Waals surface area (Å²) in [7, 11) is -3.65. The molecule has 1 aromatic carbocycles. The lowest BCUT2D eigenvalue weighted by Gasteiger charge is -2.35. The van der Waals surface area contributed by atoms with Gasteiger partial charge in [-0.05, 0) is 36.4 Å². The summed E-state index contributed by atoms with van der Waals surface area (Å²) in [5.74, 6) is 1.40. The number of H-pyrrole nitrogens is 1. The third-order valence-electron chi connectivity index (χ3n) is 6.07. The Balaban J connectivity index is 1.31. The second-order valence-corrected chi connectivity index (χ2v) is 9.98. The number of hydrogen-bond acceptors (Lipinski definition) is 7. The molecule has 6 rings (SSSR count). The lowest BCUT2D eigenvalue weighted by molar-refractivity contribution is 0.384. The number of anilines is 1. The molecule has 9 nitrogen and oxygen atoms in total. The van der Waals surface area contributed by atoms with Crippen LogP contribution in [0.2, 0.25) is 0 Å². The van der Waals surface area contributed by atoms with E-state index in [2.05, 4.69) is 19.9 Å². The van der Waals surface area contributed by atoms with E-state index in [1.165, 1.54) is 10.5 Å². The van der Waals surface area contributed by atoms with Crippen molar-refractivity contribution in [2.24, 2.45) is 0 Å². The lowest BCUT2D eigenvalue weighted by atomic mass is 10.2. The number of fused-ring (bicyclic) bond motifs is 2. The molecule has 4 aromatic heterocycles. The molecule has 1 fully saturated rings. The fraction of sp³-hybridized carbons (Fsp3) is 0.167. The monoisotopic (exact) mass is 471 g/mol. The third-order valence-corrected chi connectivity index (χ3v) is 8.01. The molecule has 170 valence electrons. The van der Waals surface area contributed by atoms with Crippen LogP contribution in [0.1, 0.15) is 0 Å². The molecule has 1 aliphatic heterocycles. The van der Waals surface area contributed by atoms with Crippen LogP contribution in [0.25, 0.3) is 33.3 Å². The number of aromatic amines is 1. The van der Waals surface area contributed by atoms with Crippen molar-refractivity contribution < 1.29 is 8.42 Å². The fourth-order valence-corrected chi connectivity index (χ4v) is 5.92. The highest BCUT2D eigenvalue weighted by atomic mass is 32.2. The Morgan fingerprint density at radius 3 is 2.47 bits per heavy atom. The third kappa shape index (κ3) is 3.47. The number of pyridine rings is 2. The maximum absolute atomic E-state index is 13.4. The predicted molar refractivity (Wildman–Crippen MR) is 130 cm³/mol. The van der Waals surface area contributed by atoms with Crippen LogP contribution in [0.4, 0.5) is 5.82 Å². The average Bonchev–Trinajstić information content (AvgIpc) is 3.34. The number of nitrogens with zero attached hydrogens (tertiary/aromatic N) is 6. The van der Waals surface area contributed by atoms with Crippen molar-refractivity contribution in [3.63, 3.8) is 0 Å². The molecule has 10 heteroatoms. The zero-order valence-corrected chi connectivity index (χ0v) is 19.0. The smallest absolute Gasteiger partial charge is 0.245 e. The molecule has 1 saturated heterocycles.